The molecule has 3 rings (SSSR count). The molecule has 0 fully saturated rings. The molecule has 35 heavy (non-hydrogen) atoms. The van der Waals surface area contributed by atoms with Gasteiger partial charge >= 0.3 is 11.9 Å². The van der Waals surface area contributed by atoms with E-state index in [0.717, 1.165) is 13.2 Å². The van der Waals surface area contributed by atoms with E-state index in [1.54, 1.807) is 26.0 Å². The van der Waals surface area contributed by atoms with Gasteiger partial charge in [0.2, 0.25) is 0 Å². The molecule has 0 heterocycles. The number of hydrogen-bond acceptors (Lipinski definition) is 6. The van der Waals surface area contributed by atoms with E-state index in [1.807, 2.05) is 0 Å². The molecule has 182 valence electrons. The molecule has 0 aromatic heterocycles. The lowest BCUT2D eigenvalue weighted by Gasteiger charge is -2.16. The molecule has 3 aromatic rings. The fraction of sp³-hybridized carbons (Fsp3) is 0.160. The van der Waals surface area contributed by atoms with Crippen LogP contribution in [-0.4, -0.2) is 31.9 Å². The van der Waals surface area contributed by atoms with Gasteiger partial charge in [-0.3, -0.25) is 9.59 Å². The first kappa shape index (κ1) is 26.0. The third kappa shape index (κ3) is 5.90. The van der Waals surface area contributed by atoms with Gasteiger partial charge in [0, 0.05) is 22.9 Å². The molecule has 0 unspecified atom stereocenters. The van der Waals surface area contributed by atoms with Gasteiger partial charge in [-0.25, -0.2) is 9.18 Å². The molecular formula is C25H20Cl2FNO6. The maximum absolute atomic E-state index is 13.9. The maximum Gasteiger partial charge on any atom is 0.396 e. The Bertz CT molecular complexity index is 1300. The van der Waals surface area contributed by atoms with Crippen molar-refractivity contribution in [2.75, 3.05) is 19.5 Å². The average Bonchev–Trinajstić information content (AvgIpc) is 2.80. The summed E-state index contributed by atoms with van der Waals surface area (Å²) in [6.07, 6.45) is 0. The van der Waals surface area contributed by atoms with Crippen LogP contribution < -0.4 is 14.8 Å². The van der Waals surface area contributed by atoms with Crippen molar-refractivity contribution in [3.05, 3.63) is 80.6 Å². The molecule has 3 aromatic carbocycles. The van der Waals surface area contributed by atoms with Crippen molar-refractivity contribution < 1.29 is 33.0 Å². The lowest BCUT2D eigenvalue weighted by Crippen LogP contribution is -2.23. The first-order chi connectivity index (χ1) is 16.5. The highest BCUT2D eigenvalue weighted by Crippen LogP contribution is 2.41. The number of carbonyl (C=O) groups excluding carboxylic acids is 3. The Hall–Kier alpha value is -3.62. The number of benzene rings is 3. The number of aryl methyl sites for hydroxylation is 2. The van der Waals surface area contributed by atoms with E-state index in [9.17, 15) is 18.8 Å². The minimum atomic E-state index is -1.07. The molecule has 0 aliphatic rings. The lowest BCUT2D eigenvalue weighted by molar-refractivity contribution is -0.150. The van der Waals surface area contributed by atoms with Crippen LogP contribution in [0, 0.1) is 19.7 Å². The number of ether oxygens (including phenoxy) is 3. The SMILES string of the molecule is COC(=O)C(=O)Nc1cc(Cl)c(Oc2c(C)cc(C(=O)c3cc(F)cc(OC)c3)cc2C)c(Cl)c1. The van der Waals surface area contributed by atoms with E-state index in [0.29, 0.717) is 22.4 Å². The zero-order chi connectivity index (χ0) is 25.9. The largest absolute Gasteiger partial charge is 0.497 e. The van der Waals surface area contributed by atoms with E-state index in [4.69, 9.17) is 32.7 Å². The number of carbonyl (C=O) groups is 3. The van der Waals surface area contributed by atoms with Gasteiger partial charge < -0.3 is 19.5 Å². The molecule has 10 heteroatoms. The van der Waals surface area contributed by atoms with Crippen molar-refractivity contribution in [3.63, 3.8) is 0 Å². The van der Waals surface area contributed by atoms with Crippen molar-refractivity contribution in [1.82, 2.24) is 0 Å². The van der Waals surface area contributed by atoms with Crippen molar-refractivity contribution in [3.8, 4) is 17.2 Å². The van der Waals surface area contributed by atoms with Crippen molar-refractivity contribution in [1.29, 1.82) is 0 Å². The van der Waals surface area contributed by atoms with Crippen LogP contribution >= 0.6 is 23.2 Å². The summed E-state index contributed by atoms with van der Waals surface area (Å²) in [5.74, 6) is -2.28. The minimum Gasteiger partial charge on any atom is -0.497 e. The highest BCUT2D eigenvalue weighted by atomic mass is 35.5. The standard InChI is InChI=1S/C25H20Cl2FNO6/c1-12-5-14(21(30)15-7-16(28)9-18(8-15)33-3)6-13(2)22(12)35-23-19(26)10-17(11-20(23)27)29-24(31)25(32)34-4/h5-11H,1-4H3,(H,29,31). The van der Waals surface area contributed by atoms with E-state index in [1.165, 1.54) is 31.4 Å². The Morgan fingerprint density at radius 3 is 1.94 bits per heavy atom. The van der Waals surface area contributed by atoms with Crippen LogP contribution in [0.3, 0.4) is 0 Å². The molecule has 0 atom stereocenters. The van der Waals surface area contributed by atoms with Gasteiger partial charge in [0.15, 0.2) is 11.5 Å². The number of anilines is 1. The summed E-state index contributed by atoms with van der Waals surface area (Å²) in [5.41, 5.74) is 1.85. The van der Waals surface area contributed by atoms with E-state index in [2.05, 4.69) is 10.1 Å². The van der Waals surface area contributed by atoms with Gasteiger partial charge in [-0.2, -0.15) is 0 Å². The minimum absolute atomic E-state index is 0.0727. The van der Waals surface area contributed by atoms with Crippen LogP contribution in [-0.2, 0) is 14.3 Å². The first-order valence-electron chi connectivity index (χ1n) is 10.1. The zero-order valence-corrected chi connectivity index (χ0v) is 20.6. The van der Waals surface area contributed by atoms with Gasteiger partial charge in [-0.15, -0.1) is 0 Å². The molecule has 1 amide bonds. The summed E-state index contributed by atoms with van der Waals surface area (Å²) in [4.78, 5) is 36.0. The van der Waals surface area contributed by atoms with Crippen LogP contribution in [0.25, 0.3) is 0 Å². The third-order valence-corrected chi connectivity index (χ3v) is 5.48. The second-order valence-electron chi connectivity index (χ2n) is 7.46. The van der Waals surface area contributed by atoms with Crippen LogP contribution in [0.4, 0.5) is 10.1 Å². The van der Waals surface area contributed by atoms with Gasteiger partial charge in [0.25, 0.3) is 0 Å². The van der Waals surface area contributed by atoms with Gasteiger partial charge in [-0.1, -0.05) is 23.2 Å². The highest BCUT2D eigenvalue weighted by molar-refractivity contribution is 6.39. The summed E-state index contributed by atoms with van der Waals surface area (Å²) in [6, 6.07) is 9.72. The van der Waals surface area contributed by atoms with E-state index < -0.39 is 17.7 Å². The Labute approximate surface area is 210 Å². The number of esters is 1. The predicted molar refractivity (Wildman–Crippen MR) is 129 cm³/mol. The maximum atomic E-state index is 13.9. The summed E-state index contributed by atoms with van der Waals surface area (Å²) in [6.45, 7) is 3.47. The Balaban J connectivity index is 1.90. The molecule has 0 aliphatic heterocycles. The van der Waals surface area contributed by atoms with Crippen LogP contribution in [0.2, 0.25) is 10.0 Å². The number of ketones is 1. The molecule has 0 aliphatic carbocycles. The molecule has 7 nitrogen and oxygen atoms in total. The topological polar surface area (TPSA) is 90.9 Å². The first-order valence-corrected chi connectivity index (χ1v) is 10.9. The lowest BCUT2D eigenvalue weighted by atomic mass is 9.98. The monoisotopic (exact) mass is 519 g/mol. The van der Waals surface area contributed by atoms with Gasteiger partial charge in [-0.05, 0) is 61.4 Å². The van der Waals surface area contributed by atoms with E-state index in [-0.39, 0.29) is 38.6 Å². The van der Waals surface area contributed by atoms with Crippen molar-refractivity contribution in [2.24, 2.45) is 0 Å². The van der Waals surface area contributed by atoms with Crippen molar-refractivity contribution in [2.45, 2.75) is 13.8 Å². The van der Waals surface area contributed by atoms with E-state index >= 15 is 0 Å². The number of hydrogen-bond donors (Lipinski definition) is 1. The highest BCUT2D eigenvalue weighted by Gasteiger charge is 2.20. The molecule has 0 bridgehead atoms. The Kier molecular flexibility index (Phi) is 7.99. The predicted octanol–water partition coefficient (Wildman–Crippen LogP) is 5.89. The average molecular weight is 520 g/mol. The normalized spacial score (nSPS) is 10.5. The Morgan fingerprint density at radius 2 is 1.40 bits per heavy atom. The fourth-order valence-electron chi connectivity index (χ4n) is 3.33. The zero-order valence-electron chi connectivity index (χ0n) is 19.1. The summed E-state index contributed by atoms with van der Waals surface area (Å²) >= 11 is 12.6. The molecule has 0 saturated carbocycles. The molecule has 0 saturated heterocycles. The summed E-state index contributed by atoms with van der Waals surface area (Å²) in [7, 11) is 2.47. The van der Waals surface area contributed by atoms with Crippen molar-refractivity contribution >= 4 is 46.5 Å². The second kappa shape index (κ2) is 10.8. The molecular weight excluding hydrogens is 500 g/mol. The number of rotatable bonds is 6. The molecule has 1 N–H and O–H groups in total. The second-order valence-corrected chi connectivity index (χ2v) is 8.28. The fourth-order valence-corrected chi connectivity index (χ4v) is 3.89. The Morgan fingerprint density at radius 1 is 0.829 bits per heavy atom. The number of amides is 1. The third-order valence-electron chi connectivity index (χ3n) is 4.92. The van der Waals surface area contributed by atoms with Crippen LogP contribution in [0.15, 0.2) is 42.5 Å². The van der Waals surface area contributed by atoms with Gasteiger partial charge in [0.05, 0.1) is 24.3 Å². The molecule has 0 radical (unpaired) electrons. The summed E-state index contributed by atoms with van der Waals surface area (Å²) in [5, 5.41) is 2.47. The van der Waals surface area contributed by atoms with Crippen LogP contribution in [0.5, 0.6) is 17.2 Å². The number of halogens is 3. The van der Waals surface area contributed by atoms with Gasteiger partial charge in [0.1, 0.15) is 17.3 Å². The van der Waals surface area contributed by atoms with Crippen LogP contribution in [0.1, 0.15) is 27.0 Å². The molecule has 0 spiro atoms. The number of methoxy groups -OCH3 is 2. The quantitative estimate of drug-likeness (QED) is 0.248. The smallest absolute Gasteiger partial charge is 0.396 e. The summed E-state index contributed by atoms with van der Waals surface area (Å²) < 4.78 is 29.2. The number of nitrogens with one attached hydrogen (secondary N) is 1.